The Labute approximate surface area is 96.8 Å². The first kappa shape index (κ1) is 12.5. The number of sulfonamides is 1. The summed E-state index contributed by atoms with van der Waals surface area (Å²) in [5, 5.41) is 0. The molecule has 16 heavy (non-hydrogen) atoms. The van der Waals surface area contributed by atoms with Gasteiger partial charge in [0.15, 0.2) is 0 Å². The van der Waals surface area contributed by atoms with Crippen LogP contribution in [0, 0.1) is 6.92 Å². The minimum absolute atomic E-state index is 0.222. The third kappa shape index (κ3) is 2.52. The summed E-state index contributed by atoms with van der Waals surface area (Å²) in [4.78, 5) is 0.264. The van der Waals surface area contributed by atoms with Gasteiger partial charge in [0.25, 0.3) is 10.0 Å². The molecule has 0 radical (unpaired) electrons. The smallest absolute Gasteiger partial charge is 0.264 e. The second kappa shape index (κ2) is 4.99. The molecule has 0 aliphatic carbocycles. The van der Waals surface area contributed by atoms with Gasteiger partial charge in [-0.05, 0) is 19.1 Å². The fourth-order valence-electron chi connectivity index (χ4n) is 1.24. The van der Waals surface area contributed by atoms with Crippen LogP contribution in [0.2, 0.25) is 0 Å². The maximum Gasteiger partial charge on any atom is 0.264 e. The second-order valence-corrected chi connectivity index (χ2v) is 5.25. The van der Waals surface area contributed by atoms with E-state index in [0.717, 1.165) is 9.87 Å². The topological polar surface area (TPSA) is 37.4 Å². The van der Waals surface area contributed by atoms with Crippen molar-refractivity contribution < 1.29 is 8.42 Å². The lowest BCUT2D eigenvalue weighted by molar-refractivity contribution is 0.523. The number of nitrogens with zero attached hydrogens (tertiary/aromatic N) is 1. The van der Waals surface area contributed by atoms with Gasteiger partial charge in [-0.25, -0.2) is 8.42 Å². The quantitative estimate of drug-likeness (QED) is 0.737. The molecule has 0 aromatic heterocycles. The zero-order chi connectivity index (χ0) is 12.2. The van der Waals surface area contributed by atoms with E-state index < -0.39 is 10.0 Å². The Hall–Kier alpha value is -1.55. The zero-order valence-corrected chi connectivity index (χ0v) is 10.1. The van der Waals surface area contributed by atoms with Gasteiger partial charge in [0.1, 0.15) is 0 Å². The van der Waals surface area contributed by atoms with E-state index in [9.17, 15) is 8.42 Å². The molecule has 0 aliphatic heterocycles. The molecule has 0 N–H and O–H groups in total. The van der Waals surface area contributed by atoms with Crippen LogP contribution in [0.5, 0.6) is 0 Å². The molecule has 0 amide bonds. The molecule has 0 bridgehead atoms. The largest absolute Gasteiger partial charge is 0.270 e. The highest BCUT2D eigenvalue weighted by molar-refractivity contribution is 7.89. The number of aryl methyl sites for hydroxylation is 1. The van der Waals surface area contributed by atoms with Crippen LogP contribution in [0.3, 0.4) is 0 Å². The van der Waals surface area contributed by atoms with E-state index in [-0.39, 0.29) is 11.4 Å². The van der Waals surface area contributed by atoms with Crippen LogP contribution in [0.1, 0.15) is 5.56 Å². The molecule has 0 saturated carbocycles. The highest BCUT2D eigenvalue weighted by Gasteiger charge is 2.19. The predicted molar refractivity (Wildman–Crippen MR) is 65.5 cm³/mol. The van der Waals surface area contributed by atoms with E-state index in [1.54, 1.807) is 24.3 Å². The van der Waals surface area contributed by atoms with Crippen molar-refractivity contribution in [2.75, 3.05) is 6.54 Å². The van der Waals surface area contributed by atoms with Gasteiger partial charge in [0.05, 0.1) is 11.4 Å². The molecule has 0 unspecified atom stereocenters. The predicted octanol–water partition coefficient (Wildman–Crippen LogP) is 2.32. The summed E-state index contributed by atoms with van der Waals surface area (Å²) in [5.74, 6) is 0. The maximum atomic E-state index is 12.1. The first-order valence-corrected chi connectivity index (χ1v) is 6.28. The number of hydrogen-bond donors (Lipinski definition) is 0. The Morgan fingerprint density at radius 2 is 1.81 bits per heavy atom. The fraction of sp³-hybridized carbons (Fsp3) is 0.167. The Balaban J connectivity index is 3.14. The average molecular weight is 237 g/mol. The maximum absolute atomic E-state index is 12.1. The van der Waals surface area contributed by atoms with Crippen LogP contribution in [0.4, 0.5) is 0 Å². The van der Waals surface area contributed by atoms with Crippen LogP contribution < -0.4 is 0 Å². The molecule has 1 rings (SSSR count). The molecule has 86 valence electrons. The van der Waals surface area contributed by atoms with Crippen molar-refractivity contribution >= 4 is 10.0 Å². The van der Waals surface area contributed by atoms with Crippen molar-refractivity contribution in [2.24, 2.45) is 0 Å². The summed E-state index contributed by atoms with van der Waals surface area (Å²) in [7, 11) is -3.49. The van der Waals surface area contributed by atoms with Gasteiger partial charge in [0.2, 0.25) is 0 Å². The highest BCUT2D eigenvalue weighted by atomic mass is 32.2. The van der Waals surface area contributed by atoms with Crippen LogP contribution >= 0.6 is 0 Å². The molecule has 0 atom stereocenters. The fourth-order valence-corrected chi connectivity index (χ4v) is 2.49. The monoisotopic (exact) mass is 237 g/mol. The molecular formula is C12H15NO2S. The molecular weight excluding hydrogens is 222 g/mol. The van der Waals surface area contributed by atoms with Gasteiger partial charge in [0, 0.05) is 6.20 Å². The second-order valence-electron chi connectivity index (χ2n) is 3.36. The van der Waals surface area contributed by atoms with Crippen LogP contribution in [-0.2, 0) is 10.0 Å². The normalized spacial score (nSPS) is 10.8. The van der Waals surface area contributed by atoms with Gasteiger partial charge in [-0.15, -0.1) is 6.58 Å². The lowest BCUT2D eigenvalue weighted by Gasteiger charge is -2.18. The number of rotatable bonds is 5. The molecule has 0 spiro atoms. The standard InChI is InChI=1S/C12H15NO2S/c1-4-10-13(5-2)16(14,15)12-8-6-11(3)7-9-12/h4-9H,1-2,10H2,3H3. The van der Waals surface area contributed by atoms with Gasteiger partial charge >= 0.3 is 0 Å². The lowest BCUT2D eigenvalue weighted by Crippen LogP contribution is -2.25. The first-order valence-electron chi connectivity index (χ1n) is 4.84. The molecule has 0 saturated heterocycles. The van der Waals surface area contributed by atoms with E-state index in [1.165, 1.54) is 12.3 Å². The van der Waals surface area contributed by atoms with Crippen LogP contribution in [0.15, 0.2) is 54.6 Å². The van der Waals surface area contributed by atoms with Crippen molar-refractivity contribution in [3.05, 3.63) is 55.3 Å². The van der Waals surface area contributed by atoms with E-state index >= 15 is 0 Å². The Morgan fingerprint density at radius 1 is 1.25 bits per heavy atom. The zero-order valence-electron chi connectivity index (χ0n) is 9.26. The average Bonchev–Trinajstić information content (AvgIpc) is 2.26. The van der Waals surface area contributed by atoms with Gasteiger partial charge in [-0.2, -0.15) is 0 Å². The molecule has 1 aromatic carbocycles. The summed E-state index contributed by atoms with van der Waals surface area (Å²) < 4.78 is 25.3. The van der Waals surface area contributed by atoms with E-state index in [4.69, 9.17) is 0 Å². The van der Waals surface area contributed by atoms with E-state index in [1.807, 2.05) is 6.92 Å². The molecule has 0 aliphatic rings. The van der Waals surface area contributed by atoms with Crippen LogP contribution in [-0.4, -0.2) is 19.3 Å². The van der Waals surface area contributed by atoms with Crippen molar-refractivity contribution in [3.8, 4) is 0 Å². The molecule has 1 aromatic rings. The van der Waals surface area contributed by atoms with Gasteiger partial charge in [-0.3, -0.25) is 4.31 Å². The molecule has 0 heterocycles. The summed E-state index contributed by atoms with van der Waals surface area (Å²) in [5.41, 5.74) is 1.02. The number of benzene rings is 1. The van der Waals surface area contributed by atoms with E-state index in [2.05, 4.69) is 13.2 Å². The third-order valence-electron chi connectivity index (χ3n) is 2.14. The minimum atomic E-state index is -3.49. The Kier molecular flexibility index (Phi) is 3.90. The van der Waals surface area contributed by atoms with Crippen molar-refractivity contribution in [1.29, 1.82) is 0 Å². The molecule has 0 fully saturated rings. The van der Waals surface area contributed by atoms with Crippen molar-refractivity contribution in [3.63, 3.8) is 0 Å². The van der Waals surface area contributed by atoms with Gasteiger partial charge < -0.3 is 0 Å². The van der Waals surface area contributed by atoms with Crippen LogP contribution in [0.25, 0.3) is 0 Å². The minimum Gasteiger partial charge on any atom is -0.270 e. The van der Waals surface area contributed by atoms with Crippen molar-refractivity contribution in [1.82, 2.24) is 4.31 Å². The Bertz CT molecular complexity index is 474. The highest BCUT2D eigenvalue weighted by Crippen LogP contribution is 2.16. The van der Waals surface area contributed by atoms with Gasteiger partial charge in [-0.1, -0.05) is 30.4 Å². The van der Waals surface area contributed by atoms with Crippen molar-refractivity contribution in [2.45, 2.75) is 11.8 Å². The molecule has 3 nitrogen and oxygen atoms in total. The van der Waals surface area contributed by atoms with E-state index in [0.29, 0.717) is 0 Å². The first-order chi connectivity index (χ1) is 7.52. The summed E-state index contributed by atoms with van der Waals surface area (Å²) in [6.07, 6.45) is 2.81. The summed E-state index contributed by atoms with van der Waals surface area (Å²) in [6, 6.07) is 6.71. The Morgan fingerprint density at radius 3 is 2.25 bits per heavy atom. The summed E-state index contributed by atoms with van der Waals surface area (Å²) in [6.45, 7) is 9.13. The number of hydrogen-bond acceptors (Lipinski definition) is 2. The molecule has 4 heteroatoms. The SMILES string of the molecule is C=CCN(C=C)S(=O)(=O)c1ccc(C)cc1. The third-order valence-corrected chi connectivity index (χ3v) is 3.92. The lowest BCUT2D eigenvalue weighted by atomic mass is 10.2. The summed E-state index contributed by atoms with van der Waals surface area (Å²) >= 11 is 0.